The Kier molecular flexibility index (Phi) is 4.17. The molecule has 1 saturated heterocycles. The fraction of sp³-hybridized carbons (Fsp3) is 0.615. The summed E-state index contributed by atoms with van der Waals surface area (Å²) in [5.74, 6) is 0. The summed E-state index contributed by atoms with van der Waals surface area (Å²) in [4.78, 5) is 4.09. The number of rotatable bonds is 4. The van der Waals surface area contributed by atoms with Crippen molar-refractivity contribution in [2.45, 2.75) is 38.6 Å². The summed E-state index contributed by atoms with van der Waals surface area (Å²) in [6, 6.07) is 2.76. The molecule has 0 saturated carbocycles. The lowest BCUT2D eigenvalue weighted by atomic mass is 10.0. The van der Waals surface area contributed by atoms with Crippen molar-refractivity contribution in [1.29, 1.82) is 0 Å². The highest BCUT2D eigenvalue weighted by Gasteiger charge is 2.11. The lowest BCUT2D eigenvalue weighted by Crippen LogP contribution is -2.35. The second-order valence-corrected chi connectivity index (χ2v) is 4.55. The van der Waals surface area contributed by atoms with Gasteiger partial charge < -0.3 is 10.6 Å². The lowest BCUT2D eigenvalue weighted by molar-refractivity contribution is 0.389. The molecule has 3 nitrogen and oxygen atoms in total. The van der Waals surface area contributed by atoms with Crippen molar-refractivity contribution in [1.82, 2.24) is 10.3 Å². The summed E-state index contributed by atoms with van der Waals surface area (Å²) < 4.78 is 0. The molecule has 88 valence electrons. The number of aromatic nitrogens is 1. The Labute approximate surface area is 97.7 Å². The normalized spacial score (nSPS) is 20.7. The third kappa shape index (κ3) is 3.20. The SMILES string of the molecule is Cc1cnccc1NCCC1CCCCN1. The Bertz CT molecular complexity index is 319. The van der Waals surface area contributed by atoms with Gasteiger partial charge in [-0.25, -0.2) is 0 Å². The average Bonchev–Trinajstić information content (AvgIpc) is 2.33. The zero-order valence-corrected chi connectivity index (χ0v) is 10.00. The Hall–Kier alpha value is -1.09. The van der Waals surface area contributed by atoms with Gasteiger partial charge in [0.15, 0.2) is 0 Å². The minimum absolute atomic E-state index is 0.711. The molecule has 0 bridgehead atoms. The van der Waals surface area contributed by atoms with Crippen molar-refractivity contribution in [2.75, 3.05) is 18.4 Å². The predicted molar refractivity (Wildman–Crippen MR) is 67.7 cm³/mol. The number of anilines is 1. The van der Waals surface area contributed by atoms with E-state index in [1.807, 2.05) is 18.5 Å². The van der Waals surface area contributed by atoms with Crippen LogP contribution in [0.2, 0.25) is 0 Å². The van der Waals surface area contributed by atoms with Crippen molar-refractivity contribution in [3.8, 4) is 0 Å². The van der Waals surface area contributed by atoms with E-state index in [1.54, 1.807) is 0 Å². The summed E-state index contributed by atoms with van der Waals surface area (Å²) in [5, 5.41) is 7.05. The van der Waals surface area contributed by atoms with Gasteiger partial charge in [-0.3, -0.25) is 4.98 Å². The van der Waals surface area contributed by atoms with Crippen LogP contribution in [0.1, 0.15) is 31.2 Å². The Morgan fingerprint density at radius 2 is 2.44 bits per heavy atom. The van der Waals surface area contributed by atoms with Crippen LogP contribution >= 0.6 is 0 Å². The first-order chi connectivity index (χ1) is 7.86. The molecular formula is C13H21N3. The fourth-order valence-electron chi connectivity index (χ4n) is 2.22. The van der Waals surface area contributed by atoms with E-state index in [0.717, 1.165) is 6.54 Å². The van der Waals surface area contributed by atoms with Crippen molar-refractivity contribution in [3.05, 3.63) is 24.0 Å². The first-order valence-electron chi connectivity index (χ1n) is 6.24. The number of aryl methyl sites for hydroxylation is 1. The van der Waals surface area contributed by atoms with Gasteiger partial charge in [-0.1, -0.05) is 6.42 Å². The van der Waals surface area contributed by atoms with Gasteiger partial charge in [-0.2, -0.15) is 0 Å². The van der Waals surface area contributed by atoms with Crippen molar-refractivity contribution >= 4 is 5.69 Å². The summed E-state index contributed by atoms with van der Waals surface area (Å²) in [7, 11) is 0. The number of pyridine rings is 1. The molecule has 1 fully saturated rings. The molecule has 1 aromatic rings. The minimum atomic E-state index is 0.711. The van der Waals surface area contributed by atoms with E-state index in [9.17, 15) is 0 Å². The van der Waals surface area contributed by atoms with Crippen LogP contribution in [-0.2, 0) is 0 Å². The molecule has 0 radical (unpaired) electrons. The van der Waals surface area contributed by atoms with Gasteiger partial charge >= 0.3 is 0 Å². The van der Waals surface area contributed by atoms with Crippen LogP contribution in [0.25, 0.3) is 0 Å². The monoisotopic (exact) mass is 219 g/mol. The molecule has 2 heterocycles. The third-order valence-corrected chi connectivity index (χ3v) is 3.24. The molecule has 0 spiro atoms. The first-order valence-corrected chi connectivity index (χ1v) is 6.24. The van der Waals surface area contributed by atoms with Crippen molar-refractivity contribution in [3.63, 3.8) is 0 Å². The van der Waals surface area contributed by atoms with Gasteiger partial charge in [0, 0.05) is 30.7 Å². The summed E-state index contributed by atoms with van der Waals surface area (Å²) in [6.07, 6.45) is 9.01. The standard InChI is InChI=1S/C13H21N3/c1-11-10-14-8-6-13(11)16-9-5-12-4-2-3-7-15-12/h6,8,10,12,15H,2-5,7,9H2,1H3,(H,14,16). The Morgan fingerprint density at radius 1 is 1.50 bits per heavy atom. The molecule has 3 heteroatoms. The van der Waals surface area contributed by atoms with Gasteiger partial charge in [0.05, 0.1) is 0 Å². The molecule has 1 aromatic heterocycles. The molecule has 1 atom stereocenters. The molecule has 2 rings (SSSR count). The average molecular weight is 219 g/mol. The van der Waals surface area contributed by atoms with E-state index in [-0.39, 0.29) is 0 Å². The largest absolute Gasteiger partial charge is 0.385 e. The summed E-state index contributed by atoms with van der Waals surface area (Å²) >= 11 is 0. The lowest BCUT2D eigenvalue weighted by Gasteiger charge is -2.23. The second-order valence-electron chi connectivity index (χ2n) is 4.55. The highest BCUT2D eigenvalue weighted by atomic mass is 14.9. The molecule has 0 amide bonds. The predicted octanol–water partition coefficient (Wildman–Crippen LogP) is 2.33. The molecule has 1 aliphatic heterocycles. The van der Waals surface area contributed by atoms with Crippen LogP contribution in [0.15, 0.2) is 18.5 Å². The van der Waals surface area contributed by atoms with Crippen LogP contribution in [0.3, 0.4) is 0 Å². The van der Waals surface area contributed by atoms with E-state index in [0.29, 0.717) is 6.04 Å². The van der Waals surface area contributed by atoms with E-state index in [2.05, 4.69) is 22.5 Å². The van der Waals surface area contributed by atoms with Crippen molar-refractivity contribution < 1.29 is 0 Å². The smallest absolute Gasteiger partial charge is 0.0400 e. The quantitative estimate of drug-likeness (QED) is 0.816. The van der Waals surface area contributed by atoms with Crippen LogP contribution in [0, 0.1) is 6.92 Å². The molecule has 2 N–H and O–H groups in total. The fourth-order valence-corrected chi connectivity index (χ4v) is 2.22. The zero-order valence-electron chi connectivity index (χ0n) is 10.00. The van der Waals surface area contributed by atoms with Gasteiger partial charge in [0.1, 0.15) is 0 Å². The maximum absolute atomic E-state index is 4.09. The highest BCUT2D eigenvalue weighted by Crippen LogP contribution is 2.13. The van der Waals surface area contributed by atoms with Crippen LogP contribution in [-0.4, -0.2) is 24.1 Å². The highest BCUT2D eigenvalue weighted by molar-refractivity contribution is 5.48. The number of piperidine rings is 1. The summed E-state index contributed by atoms with van der Waals surface area (Å²) in [5.41, 5.74) is 2.44. The van der Waals surface area contributed by atoms with Gasteiger partial charge in [0.25, 0.3) is 0 Å². The maximum Gasteiger partial charge on any atom is 0.0400 e. The minimum Gasteiger partial charge on any atom is -0.385 e. The van der Waals surface area contributed by atoms with E-state index in [4.69, 9.17) is 0 Å². The number of hydrogen-bond acceptors (Lipinski definition) is 3. The Morgan fingerprint density at radius 3 is 3.19 bits per heavy atom. The van der Waals surface area contributed by atoms with Crippen molar-refractivity contribution in [2.24, 2.45) is 0 Å². The van der Waals surface area contributed by atoms with Crippen LogP contribution in [0.4, 0.5) is 5.69 Å². The van der Waals surface area contributed by atoms with Gasteiger partial charge in [-0.05, 0) is 44.4 Å². The molecule has 1 aliphatic rings. The topological polar surface area (TPSA) is 37.0 Å². The molecular weight excluding hydrogens is 198 g/mol. The molecule has 0 aliphatic carbocycles. The van der Waals surface area contributed by atoms with Gasteiger partial charge in [-0.15, -0.1) is 0 Å². The third-order valence-electron chi connectivity index (χ3n) is 3.24. The van der Waals surface area contributed by atoms with Crippen LogP contribution in [0.5, 0.6) is 0 Å². The number of nitrogens with zero attached hydrogens (tertiary/aromatic N) is 1. The first kappa shape index (κ1) is 11.4. The second kappa shape index (κ2) is 5.85. The summed E-state index contributed by atoms with van der Waals surface area (Å²) in [6.45, 7) is 4.33. The van der Waals surface area contributed by atoms with E-state index in [1.165, 1.54) is 43.5 Å². The number of nitrogens with one attached hydrogen (secondary N) is 2. The molecule has 16 heavy (non-hydrogen) atoms. The van der Waals surface area contributed by atoms with Crippen LogP contribution < -0.4 is 10.6 Å². The molecule has 0 aromatic carbocycles. The van der Waals surface area contributed by atoms with Gasteiger partial charge in [0.2, 0.25) is 0 Å². The maximum atomic E-state index is 4.09. The Balaban J connectivity index is 1.73. The van der Waals surface area contributed by atoms with E-state index >= 15 is 0 Å². The molecule has 1 unspecified atom stereocenters. The van der Waals surface area contributed by atoms with E-state index < -0.39 is 0 Å². The number of hydrogen-bond donors (Lipinski definition) is 2. The zero-order chi connectivity index (χ0) is 11.2.